The molecule has 0 saturated heterocycles. The van der Waals surface area contributed by atoms with Crippen LogP contribution < -0.4 is 0 Å². The first-order valence-corrected chi connectivity index (χ1v) is 13.9. The topological polar surface area (TPSA) is 6.48 Å². The van der Waals surface area contributed by atoms with E-state index in [1.165, 1.54) is 129 Å². The van der Waals surface area contributed by atoms with Gasteiger partial charge < -0.3 is 9.80 Å². The summed E-state index contributed by atoms with van der Waals surface area (Å²) in [5, 5.41) is 0. The molecule has 0 radical (unpaired) electrons. The lowest BCUT2D eigenvalue weighted by molar-refractivity contribution is 0.114. The third-order valence-electron chi connectivity index (χ3n) is 6.84. The molecule has 2 nitrogen and oxygen atoms in total. The third-order valence-corrected chi connectivity index (χ3v) is 6.84. The van der Waals surface area contributed by atoms with E-state index < -0.39 is 0 Å². The van der Waals surface area contributed by atoms with Gasteiger partial charge in [-0.15, -0.1) is 0 Å². The zero-order chi connectivity index (χ0) is 21.9. The first kappa shape index (κ1) is 27.4. The van der Waals surface area contributed by atoms with Gasteiger partial charge in [-0.3, -0.25) is 0 Å². The van der Waals surface area contributed by atoms with E-state index >= 15 is 0 Å². The Labute approximate surface area is 190 Å². The number of rotatable bonds is 21. The fraction of sp³-hybridized carbons (Fsp3) is 0.929. The summed E-state index contributed by atoms with van der Waals surface area (Å²) in [5.41, 5.74) is 0. The van der Waals surface area contributed by atoms with Crippen LogP contribution in [0.4, 0.5) is 0 Å². The maximum atomic E-state index is 2.64. The quantitative estimate of drug-likeness (QED) is 0.171. The predicted octanol–water partition coefficient (Wildman–Crippen LogP) is 9.26. The summed E-state index contributed by atoms with van der Waals surface area (Å²) in [7, 11) is 0. The highest BCUT2D eigenvalue weighted by atomic mass is 15.4. The van der Waals surface area contributed by atoms with Crippen LogP contribution in [0.25, 0.3) is 0 Å². The molecule has 0 spiro atoms. The monoisotopic (exact) mass is 420 g/mol. The standard InChI is InChI=1S/C28H56N2/c1-5-7-9-11-13-15-16-18-20-22-24-29-25-26-30(27(3)4)28(29)23-21-19-17-14-12-10-8-6-2/h25-28H,5-24H2,1-4H3. The van der Waals surface area contributed by atoms with Crippen LogP contribution in [-0.2, 0) is 0 Å². The zero-order valence-corrected chi connectivity index (χ0v) is 21.3. The van der Waals surface area contributed by atoms with Crippen LogP contribution in [0.3, 0.4) is 0 Å². The van der Waals surface area contributed by atoms with Crippen molar-refractivity contribution in [3.05, 3.63) is 12.4 Å². The average Bonchev–Trinajstić information content (AvgIpc) is 3.14. The molecule has 1 unspecified atom stereocenters. The van der Waals surface area contributed by atoms with E-state index in [0.29, 0.717) is 12.2 Å². The Hall–Kier alpha value is -0.660. The maximum Gasteiger partial charge on any atom is 0.101 e. The van der Waals surface area contributed by atoms with E-state index in [2.05, 4.69) is 49.9 Å². The molecule has 0 aliphatic carbocycles. The second kappa shape index (κ2) is 19.1. The molecule has 30 heavy (non-hydrogen) atoms. The largest absolute Gasteiger partial charge is 0.356 e. The highest BCUT2D eigenvalue weighted by Crippen LogP contribution is 2.25. The van der Waals surface area contributed by atoms with Crippen molar-refractivity contribution < 1.29 is 0 Å². The molecule has 1 aliphatic heterocycles. The fourth-order valence-corrected chi connectivity index (χ4v) is 4.83. The second-order valence-electron chi connectivity index (χ2n) is 10.0. The van der Waals surface area contributed by atoms with Crippen molar-refractivity contribution in [2.45, 2.75) is 162 Å². The van der Waals surface area contributed by atoms with Crippen molar-refractivity contribution in [1.82, 2.24) is 9.80 Å². The average molecular weight is 421 g/mol. The van der Waals surface area contributed by atoms with E-state index in [1.807, 2.05) is 0 Å². The highest BCUT2D eigenvalue weighted by molar-refractivity contribution is 4.98. The molecule has 1 aliphatic rings. The Balaban J connectivity index is 2.13. The number of nitrogens with zero attached hydrogens (tertiary/aromatic N) is 2. The van der Waals surface area contributed by atoms with Gasteiger partial charge in [-0.1, -0.05) is 117 Å². The summed E-state index contributed by atoms with van der Waals surface area (Å²) in [6.45, 7) is 10.5. The molecule has 0 N–H and O–H groups in total. The first-order valence-electron chi connectivity index (χ1n) is 13.9. The Morgan fingerprint density at radius 2 is 1.00 bits per heavy atom. The van der Waals surface area contributed by atoms with Gasteiger partial charge in [0.05, 0.1) is 0 Å². The molecule has 0 bridgehead atoms. The molecule has 1 rings (SSSR count). The molecule has 0 fully saturated rings. The van der Waals surface area contributed by atoms with Gasteiger partial charge in [0.1, 0.15) is 6.17 Å². The lowest BCUT2D eigenvalue weighted by Crippen LogP contribution is -2.42. The van der Waals surface area contributed by atoms with Gasteiger partial charge in [0.15, 0.2) is 0 Å². The van der Waals surface area contributed by atoms with Gasteiger partial charge >= 0.3 is 0 Å². The molecule has 2 heteroatoms. The van der Waals surface area contributed by atoms with E-state index in [9.17, 15) is 0 Å². The van der Waals surface area contributed by atoms with Crippen molar-refractivity contribution in [2.75, 3.05) is 6.54 Å². The molecule has 1 heterocycles. The third kappa shape index (κ3) is 12.9. The van der Waals surface area contributed by atoms with Crippen LogP contribution in [0.1, 0.15) is 150 Å². The summed E-state index contributed by atoms with van der Waals surface area (Å²) in [4.78, 5) is 5.24. The molecule has 0 aromatic rings. The number of unbranched alkanes of at least 4 members (excludes halogenated alkanes) is 16. The van der Waals surface area contributed by atoms with E-state index in [-0.39, 0.29) is 0 Å². The number of hydrogen-bond acceptors (Lipinski definition) is 2. The molecule has 0 aromatic heterocycles. The lowest BCUT2D eigenvalue weighted by Gasteiger charge is -2.35. The van der Waals surface area contributed by atoms with Gasteiger partial charge in [0.2, 0.25) is 0 Å². The fourth-order valence-electron chi connectivity index (χ4n) is 4.83. The second-order valence-corrected chi connectivity index (χ2v) is 10.0. The minimum Gasteiger partial charge on any atom is -0.356 e. The Morgan fingerprint density at radius 1 is 0.567 bits per heavy atom. The summed E-state index contributed by atoms with van der Waals surface area (Å²) < 4.78 is 0. The van der Waals surface area contributed by atoms with E-state index in [0.717, 1.165) is 0 Å². The molecule has 0 aromatic carbocycles. The van der Waals surface area contributed by atoms with Crippen molar-refractivity contribution in [3.8, 4) is 0 Å². The van der Waals surface area contributed by atoms with Crippen molar-refractivity contribution in [2.24, 2.45) is 0 Å². The Morgan fingerprint density at radius 3 is 1.47 bits per heavy atom. The Bertz CT molecular complexity index is 390. The van der Waals surface area contributed by atoms with Crippen LogP contribution >= 0.6 is 0 Å². The molecular weight excluding hydrogens is 364 g/mol. The summed E-state index contributed by atoms with van der Waals surface area (Å²) in [6.07, 6.45) is 32.3. The smallest absolute Gasteiger partial charge is 0.101 e. The molecular formula is C28H56N2. The van der Waals surface area contributed by atoms with Gasteiger partial charge in [-0.2, -0.15) is 0 Å². The maximum absolute atomic E-state index is 2.64. The van der Waals surface area contributed by atoms with Crippen molar-refractivity contribution >= 4 is 0 Å². The minimum absolute atomic E-state index is 0.609. The summed E-state index contributed by atoms with van der Waals surface area (Å²) in [5.74, 6) is 0. The van der Waals surface area contributed by atoms with Gasteiger partial charge in [0, 0.05) is 25.0 Å². The zero-order valence-electron chi connectivity index (χ0n) is 21.3. The number of hydrogen-bond donors (Lipinski definition) is 0. The minimum atomic E-state index is 0.609. The first-order chi connectivity index (χ1) is 14.7. The van der Waals surface area contributed by atoms with Crippen LogP contribution in [0.2, 0.25) is 0 Å². The normalized spacial score (nSPS) is 16.4. The molecule has 0 saturated carbocycles. The van der Waals surface area contributed by atoms with Gasteiger partial charge in [-0.25, -0.2) is 0 Å². The molecule has 1 atom stereocenters. The van der Waals surface area contributed by atoms with Crippen LogP contribution in [0.15, 0.2) is 12.4 Å². The molecule has 0 amide bonds. The predicted molar refractivity (Wildman–Crippen MR) is 136 cm³/mol. The van der Waals surface area contributed by atoms with Crippen molar-refractivity contribution in [1.29, 1.82) is 0 Å². The SMILES string of the molecule is CCCCCCCCCCCCN1C=CN(C(C)C)C1CCCCCCCCCC. The van der Waals surface area contributed by atoms with Gasteiger partial charge in [0.25, 0.3) is 0 Å². The van der Waals surface area contributed by atoms with E-state index in [4.69, 9.17) is 0 Å². The Kier molecular flexibility index (Phi) is 17.4. The van der Waals surface area contributed by atoms with Gasteiger partial charge in [-0.05, 0) is 33.1 Å². The van der Waals surface area contributed by atoms with Crippen LogP contribution in [-0.4, -0.2) is 28.6 Å². The highest BCUT2D eigenvalue weighted by Gasteiger charge is 2.26. The lowest BCUT2D eigenvalue weighted by atomic mass is 10.1. The van der Waals surface area contributed by atoms with Crippen molar-refractivity contribution in [3.63, 3.8) is 0 Å². The summed E-state index contributed by atoms with van der Waals surface area (Å²) >= 11 is 0. The molecule has 178 valence electrons. The van der Waals surface area contributed by atoms with Crippen LogP contribution in [0.5, 0.6) is 0 Å². The van der Waals surface area contributed by atoms with Crippen LogP contribution in [0, 0.1) is 0 Å². The summed E-state index contributed by atoms with van der Waals surface area (Å²) in [6, 6.07) is 0.609. The van der Waals surface area contributed by atoms with E-state index in [1.54, 1.807) is 0 Å².